The fraction of sp³-hybridized carbons (Fsp3) is 0. The van der Waals surface area contributed by atoms with Gasteiger partial charge in [0, 0.05) is 32.3 Å². The molecule has 62 heavy (non-hydrogen) atoms. The number of furan rings is 2. The van der Waals surface area contributed by atoms with E-state index in [1.54, 1.807) is 0 Å². The number of benzene rings is 9. The van der Waals surface area contributed by atoms with E-state index in [1.807, 2.05) is 84.9 Å². The molecule has 0 unspecified atom stereocenters. The Morgan fingerprint density at radius 2 is 0.855 bits per heavy atom. The van der Waals surface area contributed by atoms with Gasteiger partial charge in [0.05, 0.1) is 62.4 Å². The number of para-hydroxylation sites is 2. The van der Waals surface area contributed by atoms with E-state index in [0.717, 1.165) is 110 Å². The van der Waals surface area contributed by atoms with Crippen LogP contribution in [0.2, 0.25) is 0 Å². The van der Waals surface area contributed by atoms with Gasteiger partial charge in [0.2, 0.25) is 5.69 Å². The minimum Gasteiger partial charge on any atom is -0.455 e. The summed E-state index contributed by atoms with van der Waals surface area (Å²) in [7, 11) is 0. The van der Waals surface area contributed by atoms with Gasteiger partial charge in [-0.15, -0.1) is 0 Å². The zero-order chi connectivity index (χ0) is 41.1. The van der Waals surface area contributed by atoms with E-state index in [4.69, 9.17) is 15.4 Å². The Balaban J connectivity index is 1.15. The number of nitrogens with zero attached hydrogens (tertiary/aromatic N) is 4. The molecule has 0 aliphatic rings. The minimum atomic E-state index is 0.412. The molecule has 0 N–H and O–H groups in total. The zero-order valence-electron chi connectivity index (χ0n) is 32.9. The van der Waals surface area contributed by atoms with E-state index in [-0.39, 0.29) is 0 Å². The van der Waals surface area contributed by atoms with Crippen molar-refractivity contribution in [3.05, 3.63) is 199 Å². The van der Waals surface area contributed by atoms with Crippen molar-refractivity contribution in [2.75, 3.05) is 0 Å². The van der Waals surface area contributed by atoms with Crippen LogP contribution >= 0.6 is 0 Å². The Labute approximate surface area is 353 Å². The summed E-state index contributed by atoms with van der Waals surface area (Å²) >= 11 is 0. The molecule has 13 aromatic rings. The van der Waals surface area contributed by atoms with Gasteiger partial charge in [0.1, 0.15) is 22.3 Å². The average molecular weight is 791 g/mol. The van der Waals surface area contributed by atoms with Crippen LogP contribution in [0.3, 0.4) is 0 Å². The molecule has 6 heteroatoms. The van der Waals surface area contributed by atoms with Gasteiger partial charge in [-0.3, -0.25) is 0 Å². The SMILES string of the molecule is [C-]#[N+]c1c(-n2c3ccc(-c4ccccc4)cc3c3c4oc5ccccc5c4ccc32)cc(C#N)cc1-n1c2ccc(-c3ccccc3)cc2c2c3oc4ccccc4c3ccc21. The smallest absolute Gasteiger partial charge is 0.234 e. The molecule has 13 rings (SSSR count). The van der Waals surface area contributed by atoms with Crippen LogP contribution in [0, 0.1) is 17.9 Å². The van der Waals surface area contributed by atoms with Crippen molar-refractivity contribution >= 4 is 93.2 Å². The van der Waals surface area contributed by atoms with Gasteiger partial charge < -0.3 is 18.0 Å². The molecular weight excluding hydrogens is 761 g/mol. The van der Waals surface area contributed by atoms with E-state index >= 15 is 0 Å². The van der Waals surface area contributed by atoms with Crippen molar-refractivity contribution in [2.24, 2.45) is 0 Å². The minimum absolute atomic E-state index is 0.412. The summed E-state index contributed by atoms with van der Waals surface area (Å²) in [6, 6.07) is 64.5. The van der Waals surface area contributed by atoms with E-state index < -0.39 is 0 Å². The van der Waals surface area contributed by atoms with Crippen LogP contribution in [0.1, 0.15) is 5.56 Å². The molecule has 0 spiro atoms. The molecule has 4 heterocycles. The molecule has 9 aromatic carbocycles. The summed E-state index contributed by atoms with van der Waals surface area (Å²) in [6.07, 6.45) is 0. The normalized spacial score (nSPS) is 11.8. The first-order valence-corrected chi connectivity index (χ1v) is 20.5. The predicted molar refractivity (Wildman–Crippen MR) is 252 cm³/mol. The monoisotopic (exact) mass is 790 g/mol. The second-order valence-corrected chi connectivity index (χ2v) is 15.8. The van der Waals surface area contributed by atoms with Crippen molar-refractivity contribution in [3.8, 4) is 39.7 Å². The molecule has 4 aromatic heterocycles. The van der Waals surface area contributed by atoms with Crippen molar-refractivity contribution in [1.82, 2.24) is 9.13 Å². The van der Waals surface area contributed by atoms with Gasteiger partial charge in [-0.2, -0.15) is 5.26 Å². The summed E-state index contributed by atoms with van der Waals surface area (Å²) in [5.41, 5.74) is 13.1. The van der Waals surface area contributed by atoms with Gasteiger partial charge in [0.15, 0.2) is 0 Å². The second kappa shape index (κ2) is 12.8. The maximum atomic E-state index is 10.8. The van der Waals surface area contributed by atoms with Crippen LogP contribution in [-0.4, -0.2) is 9.13 Å². The maximum Gasteiger partial charge on any atom is 0.234 e. The van der Waals surface area contributed by atoms with Crippen molar-refractivity contribution in [2.45, 2.75) is 0 Å². The summed E-state index contributed by atoms with van der Waals surface area (Å²) in [5.74, 6) is 0. The first kappa shape index (κ1) is 34.1. The standard InChI is InChI=1S/C56H30N4O2/c1-58-54-48(59-44-24-20-36(34-12-4-2-5-13-34)30-42(44)52-46(59)26-22-40-38-16-8-10-18-50(38)61-55(40)52)28-33(32-57)29-49(54)60-45-25-21-37(35-14-6-3-7-15-35)31-43(45)53-47(60)27-23-41-39-17-9-11-19-51(39)62-56(41)53/h2-31H. The van der Waals surface area contributed by atoms with Crippen LogP contribution in [0.15, 0.2) is 191 Å². The van der Waals surface area contributed by atoms with E-state index in [1.165, 1.54) is 0 Å². The van der Waals surface area contributed by atoms with Crippen LogP contribution in [0.5, 0.6) is 0 Å². The highest BCUT2D eigenvalue weighted by atomic mass is 16.3. The molecule has 0 fully saturated rings. The molecule has 0 saturated carbocycles. The highest BCUT2D eigenvalue weighted by Gasteiger charge is 2.26. The number of aromatic nitrogens is 2. The topological polar surface area (TPSA) is 64.3 Å². The Morgan fingerprint density at radius 1 is 0.419 bits per heavy atom. The average Bonchev–Trinajstić information content (AvgIpc) is 4.08. The summed E-state index contributed by atoms with van der Waals surface area (Å²) in [5, 5.41) is 18.8. The van der Waals surface area contributed by atoms with E-state index in [2.05, 4.69) is 117 Å². The Hall–Kier alpha value is -8.84. The lowest BCUT2D eigenvalue weighted by Gasteiger charge is -2.17. The number of fused-ring (bicyclic) bond motifs is 14. The Bertz CT molecular complexity index is 3860. The predicted octanol–water partition coefficient (Wildman–Crippen LogP) is 15.4. The molecule has 0 atom stereocenters. The van der Waals surface area contributed by atoms with Crippen LogP contribution in [0.4, 0.5) is 5.69 Å². The van der Waals surface area contributed by atoms with Crippen LogP contribution < -0.4 is 0 Å². The van der Waals surface area contributed by atoms with Crippen LogP contribution in [0.25, 0.3) is 126 Å². The van der Waals surface area contributed by atoms with E-state index in [0.29, 0.717) is 22.6 Å². The second-order valence-electron chi connectivity index (χ2n) is 15.8. The summed E-state index contributed by atoms with van der Waals surface area (Å²) in [4.78, 5) is 4.36. The molecule has 0 bridgehead atoms. The molecule has 0 saturated heterocycles. The lowest BCUT2D eigenvalue weighted by atomic mass is 10.0. The van der Waals surface area contributed by atoms with Gasteiger partial charge in [-0.25, -0.2) is 4.85 Å². The number of rotatable bonds is 4. The third-order valence-electron chi connectivity index (χ3n) is 12.6. The summed E-state index contributed by atoms with van der Waals surface area (Å²) < 4.78 is 17.7. The lowest BCUT2D eigenvalue weighted by Crippen LogP contribution is -2.01. The molecular formula is C56H30N4O2. The number of nitriles is 1. The number of hydrogen-bond acceptors (Lipinski definition) is 3. The Kier molecular flexibility index (Phi) is 7.05. The van der Waals surface area contributed by atoms with E-state index in [9.17, 15) is 5.26 Å². The Morgan fingerprint density at radius 3 is 1.31 bits per heavy atom. The quantitative estimate of drug-likeness (QED) is 0.167. The molecule has 0 aliphatic heterocycles. The van der Waals surface area contributed by atoms with Crippen LogP contribution in [-0.2, 0) is 0 Å². The van der Waals surface area contributed by atoms with Crippen molar-refractivity contribution in [1.29, 1.82) is 5.26 Å². The van der Waals surface area contributed by atoms with Gasteiger partial charge >= 0.3 is 0 Å². The zero-order valence-corrected chi connectivity index (χ0v) is 32.9. The first-order valence-electron chi connectivity index (χ1n) is 20.5. The molecule has 0 amide bonds. The largest absolute Gasteiger partial charge is 0.455 e. The number of hydrogen-bond donors (Lipinski definition) is 0. The summed E-state index contributed by atoms with van der Waals surface area (Å²) in [6.45, 7) is 8.97. The van der Waals surface area contributed by atoms with Gasteiger partial charge in [0.25, 0.3) is 0 Å². The fourth-order valence-electron chi connectivity index (χ4n) is 9.84. The molecule has 0 aliphatic carbocycles. The van der Waals surface area contributed by atoms with Gasteiger partial charge in [-0.05, 0) is 95.1 Å². The highest BCUT2D eigenvalue weighted by molar-refractivity contribution is 6.26. The van der Waals surface area contributed by atoms with Crippen molar-refractivity contribution in [3.63, 3.8) is 0 Å². The van der Waals surface area contributed by atoms with Crippen molar-refractivity contribution < 1.29 is 8.83 Å². The maximum absolute atomic E-state index is 10.8. The fourth-order valence-corrected chi connectivity index (χ4v) is 9.84. The third-order valence-corrected chi connectivity index (χ3v) is 12.6. The molecule has 0 radical (unpaired) electrons. The highest BCUT2D eigenvalue weighted by Crippen LogP contribution is 2.47. The molecule has 6 nitrogen and oxygen atoms in total. The van der Waals surface area contributed by atoms with Gasteiger partial charge in [-0.1, -0.05) is 109 Å². The lowest BCUT2D eigenvalue weighted by molar-refractivity contribution is 0.672. The molecule has 286 valence electrons. The first-order chi connectivity index (χ1) is 30.7. The third kappa shape index (κ3) is 4.72.